The van der Waals surface area contributed by atoms with Crippen LogP contribution in [0, 0.1) is 6.92 Å². The molecule has 2 N–H and O–H groups in total. The van der Waals surface area contributed by atoms with Crippen molar-refractivity contribution in [2.75, 3.05) is 5.32 Å². The number of benzene rings is 2. The molecule has 0 spiro atoms. The van der Waals surface area contributed by atoms with Crippen molar-refractivity contribution in [2.45, 2.75) is 25.9 Å². The van der Waals surface area contributed by atoms with E-state index < -0.39 is 11.7 Å². The molecule has 0 fully saturated rings. The minimum Gasteiger partial charge on any atom is -0.456 e. The summed E-state index contributed by atoms with van der Waals surface area (Å²) in [7, 11) is 0. The molecule has 0 saturated heterocycles. The maximum Gasteiger partial charge on any atom is 0.416 e. The monoisotopic (exact) mass is 439 g/mol. The van der Waals surface area contributed by atoms with E-state index in [0.29, 0.717) is 17.9 Å². The average molecular weight is 439 g/mol. The molecule has 0 bridgehead atoms. The number of H-pyrrole nitrogens is 1. The first-order valence-corrected chi connectivity index (χ1v) is 9.95. The first-order chi connectivity index (χ1) is 15.3. The van der Waals surface area contributed by atoms with Crippen molar-refractivity contribution in [1.82, 2.24) is 9.97 Å². The summed E-state index contributed by atoms with van der Waals surface area (Å²) in [5.41, 5.74) is 1.12. The van der Waals surface area contributed by atoms with Crippen LogP contribution in [0.25, 0.3) is 11.0 Å². The van der Waals surface area contributed by atoms with Crippen molar-refractivity contribution in [2.24, 2.45) is 0 Å². The number of aromatic amines is 1. The highest BCUT2D eigenvalue weighted by Crippen LogP contribution is 2.33. The molecule has 2 aromatic heterocycles. The van der Waals surface area contributed by atoms with Gasteiger partial charge in [-0.3, -0.25) is 4.79 Å². The van der Waals surface area contributed by atoms with E-state index in [1.165, 1.54) is 19.1 Å². The van der Waals surface area contributed by atoms with E-state index in [1.807, 2.05) is 30.3 Å². The highest BCUT2D eigenvalue weighted by molar-refractivity contribution is 5.91. The van der Waals surface area contributed by atoms with E-state index in [9.17, 15) is 18.0 Å². The van der Waals surface area contributed by atoms with Gasteiger partial charge < -0.3 is 15.0 Å². The lowest BCUT2D eigenvalue weighted by atomic mass is 10.1. The summed E-state index contributed by atoms with van der Waals surface area (Å²) in [5, 5.41) is 3.47. The zero-order valence-corrected chi connectivity index (χ0v) is 17.2. The van der Waals surface area contributed by atoms with Gasteiger partial charge in [0.25, 0.3) is 0 Å². The number of anilines is 1. The molecule has 1 amide bonds. The first-order valence-electron chi connectivity index (χ1n) is 9.95. The predicted molar refractivity (Wildman–Crippen MR) is 116 cm³/mol. The molecule has 0 unspecified atom stereocenters. The Kier molecular flexibility index (Phi) is 5.85. The number of ether oxygens (including phenoxy) is 1. The zero-order chi connectivity index (χ0) is 22.7. The van der Waals surface area contributed by atoms with Crippen molar-refractivity contribution < 1.29 is 22.7 Å². The predicted octanol–water partition coefficient (Wildman–Crippen LogP) is 6.25. The number of halogens is 3. The Morgan fingerprint density at radius 2 is 1.94 bits per heavy atom. The number of nitrogens with zero attached hydrogens (tertiary/aromatic N) is 1. The third-order valence-corrected chi connectivity index (χ3v) is 4.98. The summed E-state index contributed by atoms with van der Waals surface area (Å²) in [6.07, 6.45) is -0.512. The van der Waals surface area contributed by atoms with E-state index in [0.717, 1.165) is 22.7 Å². The van der Waals surface area contributed by atoms with E-state index >= 15 is 0 Å². The fourth-order valence-corrected chi connectivity index (χ4v) is 3.36. The highest BCUT2D eigenvalue weighted by Gasteiger charge is 2.32. The molecule has 164 valence electrons. The number of carbonyl (C=O) groups is 1. The summed E-state index contributed by atoms with van der Waals surface area (Å²) < 4.78 is 45.1. The molecule has 5 nitrogen and oxygen atoms in total. The molecular formula is C24H20F3N3O2. The van der Waals surface area contributed by atoms with Crippen molar-refractivity contribution in [3.05, 3.63) is 83.7 Å². The number of aromatic nitrogens is 2. The normalized spacial score (nSPS) is 11.5. The van der Waals surface area contributed by atoms with Gasteiger partial charge in [-0.05, 0) is 60.9 Å². The van der Waals surface area contributed by atoms with Crippen LogP contribution in [0.2, 0.25) is 0 Å². The van der Waals surface area contributed by atoms with Crippen molar-refractivity contribution >= 4 is 22.6 Å². The maximum absolute atomic E-state index is 13.1. The van der Waals surface area contributed by atoms with Crippen molar-refractivity contribution in [3.63, 3.8) is 0 Å². The maximum atomic E-state index is 13.1. The van der Waals surface area contributed by atoms with Crippen LogP contribution in [0.4, 0.5) is 18.9 Å². The molecule has 2 aromatic carbocycles. The molecular weight excluding hydrogens is 419 g/mol. The quantitative estimate of drug-likeness (QED) is 0.373. The van der Waals surface area contributed by atoms with Crippen molar-refractivity contribution in [1.29, 1.82) is 0 Å². The Labute approximate surface area is 182 Å². The Hall–Kier alpha value is -3.81. The number of aryl methyl sites for hydroxylation is 2. The summed E-state index contributed by atoms with van der Waals surface area (Å²) >= 11 is 0. The average Bonchev–Trinajstić information content (AvgIpc) is 3.21. The van der Waals surface area contributed by atoms with Gasteiger partial charge in [0.05, 0.1) is 11.8 Å². The van der Waals surface area contributed by atoms with Gasteiger partial charge >= 0.3 is 6.18 Å². The number of hydrogen-bond acceptors (Lipinski definition) is 3. The van der Waals surface area contributed by atoms with Gasteiger partial charge in [0, 0.05) is 23.7 Å². The molecule has 0 aliphatic rings. The van der Waals surface area contributed by atoms with Gasteiger partial charge in [-0.15, -0.1) is 0 Å². The van der Waals surface area contributed by atoms with Crippen LogP contribution in [0.5, 0.6) is 11.5 Å². The van der Waals surface area contributed by atoms with Crippen LogP contribution in [-0.2, 0) is 17.4 Å². The molecule has 32 heavy (non-hydrogen) atoms. The number of rotatable bonds is 6. The van der Waals surface area contributed by atoms with Gasteiger partial charge in [-0.25, -0.2) is 4.98 Å². The van der Waals surface area contributed by atoms with Crippen LogP contribution in [-0.4, -0.2) is 15.9 Å². The van der Waals surface area contributed by atoms with Gasteiger partial charge in [0.1, 0.15) is 17.1 Å². The number of fused-ring (bicyclic) bond motifs is 1. The molecule has 0 radical (unpaired) electrons. The van der Waals surface area contributed by atoms with Crippen LogP contribution >= 0.6 is 0 Å². The van der Waals surface area contributed by atoms with E-state index in [1.54, 1.807) is 18.5 Å². The molecule has 0 saturated carbocycles. The lowest BCUT2D eigenvalue weighted by Gasteiger charge is -2.13. The largest absolute Gasteiger partial charge is 0.456 e. The molecule has 2 heterocycles. The minimum absolute atomic E-state index is 0.109. The molecule has 8 heteroatoms. The van der Waals surface area contributed by atoms with Gasteiger partial charge in [-0.2, -0.15) is 13.2 Å². The minimum atomic E-state index is -4.47. The number of nitrogens with one attached hydrogen (secondary N) is 2. The van der Waals surface area contributed by atoms with Crippen LogP contribution in [0.15, 0.2) is 67.0 Å². The van der Waals surface area contributed by atoms with Crippen LogP contribution < -0.4 is 10.1 Å². The Bertz CT molecular complexity index is 1260. The number of carbonyl (C=O) groups excluding carboxylic acids is 1. The Morgan fingerprint density at radius 1 is 1.09 bits per heavy atom. The molecule has 4 aromatic rings. The summed E-state index contributed by atoms with van der Waals surface area (Å²) in [4.78, 5) is 19.6. The second-order valence-electron chi connectivity index (χ2n) is 7.41. The Balaban J connectivity index is 1.37. The number of pyridine rings is 1. The fourth-order valence-electron chi connectivity index (χ4n) is 3.36. The van der Waals surface area contributed by atoms with E-state index in [4.69, 9.17) is 4.74 Å². The molecule has 4 rings (SSSR count). The first kappa shape index (κ1) is 21.4. The lowest BCUT2D eigenvalue weighted by molar-refractivity contribution is -0.138. The Morgan fingerprint density at radius 3 is 2.75 bits per heavy atom. The van der Waals surface area contributed by atoms with Gasteiger partial charge in [-0.1, -0.05) is 18.2 Å². The van der Waals surface area contributed by atoms with Gasteiger partial charge in [0.15, 0.2) is 0 Å². The molecule has 0 aliphatic heterocycles. The summed E-state index contributed by atoms with van der Waals surface area (Å²) in [5.74, 6) is 0.829. The summed E-state index contributed by atoms with van der Waals surface area (Å²) in [6, 6.07) is 14.8. The van der Waals surface area contributed by atoms with Crippen molar-refractivity contribution in [3.8, 4) is 11.5 Å². The third-order valence-electron chi connectivity index (χ3n) is 4.98. The second-order valence-corrected chi connectivity index (χ2v) is 7.41. The van der Waals surface area contributed by atoms with Crippen LogP contribution in [0.3, 0.4) is 0 Å². The smallest absolute Gasteiger partial charge is 0.416 e. The number of hydrogen-bond donors (Lipinski definition) is 2. The highest BCUT2D eigenvalue weighted by atomic mass is 19.4. The number of amides is 1. The molecule has 0 aliphatic carbocycles. The standard InChI is InChI=1S/C24H20F3N3O2/c1-15-5-7-18(13-21(15)24(25,26)27)30-22(31)8-6-16-3-2-4-19(11-16)32-20-12-17-9-10-28-23(17)29-14-20/h2-5,7,9-14H,6,8H2,1H3,(H,28,29)(H,30,31). The number of alkyl halides is 3. The lowest BCUT2D eigenvalue weighted by Crippen LogP contribution is -2.14. The summed E-state index contributed by atoms with van der Waals surface area (Å²) in [6.45, 7) is 1.38. The molecule has 0 atom stereocenters. The van der Waals surface area contributed by atoms with Crippen LogP contribution in [0.1, 0.15) is 23.1 Å². The third kappa shape index (κ3) is 5.08. The van der Waals surface area contributed by atoms with E-state index in [2.05, 4.69) is 15.3 Å². The SMILES string of the molecule is Cc1ccc(NC(=O)CCc2cccc(Oc3cnc4[nH]ccc4c3)c2)cc1C(F)(F)F. The van der Waals surface area contributed by atoms with Gasteiger partial charge in [0.2, 0.25) is 5.91 Å². The zero-order valence-electron chi connectivity index (χ0n) is 17.2. The van der Waals surface area contributed by atoms with E-state index in [-0.39, 0.29) is 23.6 Å². The fraction of sp³-hybridized carbons (Fsp3) is 0.167. The second kappa shape index (κ2) is 8.74. The topological polar surface area (TPSA) is 67.0 Å².